The van der Waals surface area contributed by atoms with E-state index in [1.54, 1.807) is 13.8 Å². The molecule has 0 aliphatic heterocycles. The molecular formula is C13H20N2O5S. The van der Waals surface area contributed by atoms with Gasteiger partial charge in [0.2, 0.25) is 10.0 Å². The van der Waals surface area contributed by atoms with E-state index in [4.69, 9.17) is 9.94 Å². The van der Waals surface area contributed by atoms with Crippen LogP contribution in [0.25, 0.3) is 0 Å². The first-order chi connectivity index (χ1) is 9.75. The third-order valence-corrected chi connectivity index (χ3v) is 4.99. The predicted molar refractivity (Wildman–Crippen MR) is 76.5 cm³/mol. The quantitative estimate of drug-likeness (QED) is 0.599. The van der Waals surface area contributed by atoms with Gasteiger partial charge in [-0.2, -0.15) is 4.31 Å². The van der Waals surface area contributed by atoms with Crippen LogP contribution in [0.3, 0.4) is 0 Å². The Morgan fingerprint density at radius 2 is 1.81 bits per heavy atom. The molecule has 0 aliphatic carbocycles. The number of rotatable bonds is 6. The third kappa shape index (κ3) is 3.72. The lowest BCUT2D eigenvalue weighted by Crippen LogP contribution is -2.49. The van der Waals surface area contributed by atoms with Crippen LogP contribution in [0.4, 0.5) is 0 Å². The SMILES string of the molecule is COc1ccc(S(=O)(=O)N(C)[C@@H](C(=O)NO)C(C)C)cc1. The zero-order valence-corrected chi connectivity index (χ0v) is 13.2. The van der Waals surface area contributed by atoms with Crippen molar-refractivity contribution in [2.45, 2.75) is 24.8 Å². The van der Waals surface area contributed by atoms with Gasteiger partial charge in [0.25, 0.3) is 5.91 Å². The van der Waals surface area contributed by atoms with E-state index < -0.39 is 22.0 Å². The Morgan fingerprint density at radius 3 is 2.19 bits per heavy atom. The minimum atomic E-state index is -3.86. The molecule has 0 aromatic heterocycles. The van der Waals surface area contributed by atoms with Crippen molar-refractivity contribution in [3.63, 3.8) is 0 Å². The van der Waals surface area contributed by atoms with E-state index >= 15 is 0 Å². The van der Waals surface area contributed by atoms with Gasteiger partial charge in [0.1, 0.15) is 11.8 Å². The number of amides is 1. The maximum Gasteiger partial charge on any atom is 0.262 e. The van der Waals surface area contributed by atoms with Crippen LogP contribution in [0.15, 0.2) is 29.2 Å². The summed E-state index contributed by atoms with van der Waals surface area (Å²) in [5, 5.41) is 8.77. The van der Waals surface area contributed by atoms with Crippen molar-refractivity contribution in [1.82, 2.24) is 9.79 Å². The van der Waals surface area contributed by atoms with Crippen molar-refractivity contribution >= 4 is 15.9 Å². The molecule has 0 radical (unpaired) electrons. The van der Waals surface area contributed by atoms with Gasteiger partial charge in [-0.3, -0.25) is 10.0 Å². The summed E-state index contributed by atoms with van der Waals surface area (Å²) in [7, 11) is -1.07. The van der Waals surface area contributed by atoms with Crippen LogP contribution in [0, 0.1) is 5.92 Å². The normalized spacial score (nSPS) is 13.3. The highest BCUT2D eigenvalue weighted by Gasteiger charge is 2.34. The maximum absolute atomic E-state index is 12.5. The lowest BCUT2D eigenvalue weighted by atomic mass is 10.0. The van der Waals surface area contributed by atoms with Gasteiger partial charge >= 0.3 is 0 Å². The number of hydrogen-bond acceptors (Lipinski definition) is 5. The lowest BCUT2D eigenvalue weighted by molar-refractivity contribution is -0.134. The lowest BCUT2D eigenvalue weighted by Gasteiger charge is -2.28. The second-order valence-electron chi connectivity index (χ2n) is 4.86. The first-order valence-electron chi connectivity index (χ1n) is 6.31. The standard InChI is InChI=1S/C13H20N2O5S/c1-9(2)12(13(16)14-17)15(3)21(18,19)11-7-5-10(20-4)6-8-11/h5-9,12,17H,1-4H3,(H,14,16)/t12-/m1/s1. The summed E-state index contributed by atoms with van der Waals surface area (Å²) < 4.78 is 31.0. The maximum atomic E-state index is 12.5. The van der Waals surface area contributed by atoms with Gasteiger partial charge in [0.05, 0.1) is 12.0 Å². The number of carbonyl (C=O) groups is 1. The van der Waals surface area contributed by atoms with E-state index in [1.165, 1.54) is 43.9 Å². The van der Waals surface area contributed by atoms with E-state index in [2.05, 4.69) is 0 Å². The minimum Gasteiger partial charge on any atom is -0.497 e. The first-order valence-corrected chi connectivity index (χ1v) is 7.75. The van der Waals surface area contributed by atoms with Crippen LogP contribution < -0.4 is 10.2 Å². The molecule has 1 amide bonds. The topological polar surface area (TPSA) is 95.9 Å². The van der Waals surface area contributed by atoms with Crippen LogP contribution in [0.2, 0.25) is 0 Å². The van der Waals surface area contributed by atoms with Gasteiger partial charge in [0, 0.05) is 7.05 Å². The average molecular weight is 316 g/mol. The number of benzene rings is 1. The van der Waals surface area contributed by atoms with Crippen molar-refractivity contribution in [3.05, 3.63) is 24.3 Å². The van der Waals surface area contributed by atoms with Crippen LogP contribution in [0.5, 0.6) is 5.75 Å². The summed E-state index contributed by atoms with van der Waals surface area (Å²) in [5.74, 6) is -0.551. The number of nitrogens with one attached hydrogen (secondary N) is 1. The van der Waals surface area contributed by atoms with Crippen LogP contribution in [-0.2, 0) is 14.8 Å². The molecule has 0 saturated heterocycles. The summed E-state index contributed by atoms with van der Waals surface area (Å²) >= 11 is 0. The highest BCUT2D eigenvalue weighted by atomic mass is 32.2. The fraction of sp³-hybridized carbons (Fsp3) is 0.462. The van der Waals surface area contributed by atoms with Crippen LogP contribution in [0.1, 0.15) is 13.8 Å². The molecule has 0 aliphatic rings. The molecule has 0 spiro atoms. The Kier molecular flexibility index (Phi) is 5.70. The second kappa shape index (κ2) is 6.88. The highest BCUT2D eigenvalue weighted by molar-refractivity contribution is 7.89. The first kappa shape index (κ1) is 17.4. The highest BCUT2D eigenvalue weighted by Crippen LogP contribution is 2.22. The monoisotopic (exact) mass is 316 g/mol. The van der Waals surface area contributed by atoms with Gasteiger partial charge in [0.15, 0.2) is 0 Å². The summed E-state index contributed by atoms with van der Waals surface area (Å²) in [6.07, 6.45) is 0. The molecule has 118 valence electrons. The Labute approximate surface area is 124 Å². The fourth-order valence-electron chi connectivity index (χ4n) is 2.02. The van der Waals surface area contributed by atoms with Crippen molar-refractivity contribution in [1.29, 1.82) is 0 Å². The number of sulfonamides is 1. The number of hydrogen-bond donors (Lipinski definition) is 2. The van der Waals surface area contributed by atoms with E-state index in [9.17, 15) is 13.2 Å². The van der Waals surface area contributed by atoms with E-state index in [0.717, 1.165) is 4.31 Å². The summed E-state index contributed by atoms with van der Waals surface area (Å²) in [6, 6.07) is 4.84. The van der Waals surface area contributed by atoms with Gasteiger partial charge in [-0.25, -0.2) is 13.9 Å². The molecule has 7 nitrogen and oxygen atoms in total. The Balaban J connectivity index is 3.17. The predicted octanol–water partition coefficient (Wildman–Crippen LogP) is 0.846. The largest absolute Gasteiger partial charge is 0.497 e. The molecule has 1 aromatic rings. The second-order valence-corrected chi connectivity index (χ2v) is 6.86. The van der Waals surface area contributed by atoms with Gasteiger partial charge in [-0.15, -0.1) is 0 Å². The zero-order valence-electron chi connectivity index (χ0n) is 12.4. The van der Waals surface area contributed by atoms with Crippen molar-refractivity contribution in [2.75, 3.05) is 14.2 Å². The molecule has 0 bridgehead atoms. The smallest absolute Gasteiger partial charge is 0.262 e. The van der Waals surface area contributed by atoms with Gasteiger partial charge < -0.3 is 4.74 Å². The average Bonchev–Trinajstić information content (AvgIpc) is 2.46. The molecule has 0 heterocycles. The van der Waals surface area contributed by atoms with Crippen molar-refractivity contribution in [2.24, 2.45) is 5.92 Å². The zero-order chi connectivity index (χ0) is 16.2. The molecule has 21 heavy (non-hydrogen) atoms. The Morgan fingerprint density at radius 1 is 1.29 bits per heavy atom. The van der Waals surface area contributed by atoms with E-state index in [0.29, 0.717) is 5.75 Å². The molecule has 0 unspecified atom stereocenters. The van der Waals surface area contributed by atoms with Crippen molar-refractivity contribution in [3.8, 4) is 5.75 Å². The van der Waals surface area contributed by atoms with Crippen LogP contribution >= 0.6 is 0 Å². The summed E-state index contributed by atoms with van der Waals surface area (Å²) in [4.78, 5) is 11.7. The summed E-state index contributed by atoms with van der Waals surface area (Å²) in [5.41, 5.74) is 1.50. The number of likely N-dealkylation sites (N-methyl/N-ethyl adjacent to an activating group) is 1. The number of nitrogens with zero attached hydrogens (tertiary/aromatic N) is 1. The molecule has 8 heteroatoms. The molecule has 1 atom stereocenters. The van der Waals surface area contributed by atoms with Crippen molar-refractivity contribution < 1.29 is 23.2 Å². The molecule has 0 saturated carbocycles. The Hall–Kier alpha value is -1.64. The molecule has 1 aromatic carbocycles. The fourth-order valence-corrected chi connectivity index (χ4v) is 3.47. The number of methoxy groups -OCH3 is 1. The minimum absolute atomic E-state index is 0.0437. The van der Waals surface area contributed by atoms with Gasteiger partial charge in [-0.05, 0) is 30.2 Å². The van der Waals surface area contributed by atoms with Crippen LogP contribution in [-0.4, -0.2) is 44.0 Å². The molecule has 2 N–H and O–H groups in total. The van der Waals surface area contributed by atoms with E-state index in [-0.39, 0.29) is 10.8 Å². The van der Waals surface area contributed by atoms with Gasteiger partial charge in [-0.1, -0.05) is 13.8 Å². The molecule has 0 fully saturated rings. The Bertz CT molecular complexity index is 583. The molecule has 1 rings (SSSR count). The van der Waals surface area contributed by atoms with E-state index in [1.807, 2.05) is 0 Å². The third-order valence-electron chi connectivity index (χ3n) is 3.14. The number of ether oxygens (including phenoxy) is 1. The summed E-state index contributed by atoms with van der Waals surface area (Å²) in [6.45, 7) is 3.39. The number of carbonyl (C=O) groups excluding carboxylic acids is 1. The number of hydroxylamine groups is 1. The molecular weight excluding hydrogens is 296 g/mol.